The summed E-state index contributed by atoms with van der Waals surface area (Å²) in [5.41, 5.74) is 0. The molecule has 0 aliphatic carbocycles. The molecular weight excluding hydrogens is 280 g/mol. The van der Waals surface area contributed by atoms with Gasteiger partial charge in [0.05, 0.1) is 30.2 Å². The van der Waals surface area contributed by atoms with Crippen molar-refractivity contribution in [2.24, 2.45) is 0 Å². The van der Waals surface area contributed by atoms with E-state index >= 15 is 0 Å². The minimum absolute atomic E-state index is 0.0147. The van der Waals surface area contributed by atoms with Crippen LogP contribution < -0.4 is 5.32 Å². The Balaban J connectivity index is 2.05. The maximum atomic E-state index is 12.5. The van der Waals surface area contributed by atoms with Gasteiger partial charge in [0.2, 0.25) is 5.91 Å². The summed E-state index contributed by atoms with van der Waals surface area (Å²) >= 11 is 0. The third kappa shape index (κ3) is 3.32. The maximum absolute atomic E-state index is 12.5. The number of hydrogen-bond donors (Lipinski definition) is 1. The van der Waals surface area contributed by atoms with Crippen LogP contribution >= 0.6 is 0 Å². The Morgan fingerprint density at radius 3 is 2.80 bits per heavy atom. The quantitative estimate of drug-likeness (QED) is 0.675. The van der Waals surface area contributed by atoms with E-state index in [1.54, 1.807) is 7.11 Å². The van der Waals surface area contributed by atoms with Crippen LogP contribution in [-0.2, 0) is 19.4 Å². The molecule has 2 fully saturated rings. The molecule has 3 atom stereocenters. The van der Waals surface area contributed by atoms with Crippen molar-refractivity contribution < 1.29 is 17.9 Å². The second kappa shape index (κ2) is 6.12. The number of carbonyl (C=O) groups excluding carboxylic acids is 1. The lowest BCUT2D eigenvalue weighted by Crippen LogP contribution is -2.49. The van der Waals surface area contributed by atoms with Crippen LogP contribution in [0.15, 0.2) is 0 Å². The van der Waals surface area contributed by atoms with Gasteiger partial charge in [0.15, 0.2) is 9.84 Å². The van der Waals surface area contributed by atoms with E-state index < -0.39 is 9.84 Å². The molecule has 0 radical (unpaired) electrons. The van der Waals surface area contributed by atoms with Crippen LogP contribution in [0.25, 0.3) is 0 Å². The lowest BCUT2D eigenvalue weighted by atomic mass is 10.1. The molecule has 0 bridgehead atoms. The predicted octanol–water partition coefficient (Wildman–Crippen LogP) is -0.988. The van der Waals surface area contributed by atoms with Crippen molar-refractivity contribution in [3.8, 4) is 12.3 Å². The zero-order valence-electron chi connectivity index (χ0n) is 11.5. The summed E-state index contributed by atoms with van der Waals surface area (Å²) in [4.78, 5) is 14.0. The second-order valence-electron chi connectivity index (χ2n) is 5.28. The van der Waals surface area contributed by atoms with Crippen molar-refractivity contribution in [1.29, 1.82) is 0 Å². The minimum Gasteiger partial charge on any atom is -0.380 e. The van der Waals surface area contributed by atoms with Crippen LogP contribution in [0.2, 0.25) is 0 Å². The van der Waals surface area contributed by atoms with E-state index in [-0.39, 0.29) is 42.1 Å². The number of amides is 1. The Kier molecular flexibility index (Phi) is 4.68. The van der Waals surface area contributed by atoms with E-state index in [1.165, 1.54) is 4.90 Å². The fraction of sp³-hybridized carbons (Fsp3) is 0.769. The van der Waals surface area contributed by atoms with E-state index in [0.29, 0.717) is 19.4 Å². The van der Waals surface area contributed by atoms with Gasteiger partial charge in [0, 0.05) is 19.7 Å². The van der Waals surface area contributed by atoms with Crippen LogP contribution in [-0.4, -0.2) is 69.1 Å². The SMILES string of the molecule is C#CCN(C(=O)C1CC(OC)CN1)C1CCS(=O)(=O)C1. The number of nitrogens with one attached hydrogen (secondary N) is 1. The Hall–Kier alpha value is -1.10. The number of ether oxygens (including phenoxy) is 1. The Labute approximate surface area is 119 Å². The van der Waals surface area contributed by atoms with E-state index in [0.717, 1.165) is 0 Å². The highest BCUT2D eigenvalue weighted by molar-refractivity contribution is 7.91. The number of nitrogens with zero attached hydrogens (tertiary/aromatic N) is 1. The topological polar surface area (TPSA) is 75.7 Å². The lowest BCUT2D eigenvalue weighted by molar-refractivity contribution is -0.134. The van der Waals surface area contributed by atoms with Crippen molar-refractivity contribution >= 4 is 15.7 Å². The first kappa shape index (κ1) is 15.3. The minimum atomic E-state index is -3.04. The summed E-state index contributed by atoms with van der Waals surface area (Å²) < 4.78 is 28.4. The zero-order valence-corrected chi connectivity index (χ0v) is 12.4. The molecule has 2 saturated heterocycles. The van der Waals surface area contributed by atoms with E-state index in [1.807, 2.05) is 0 Å². The van der Waals surface area contributed by atoms with Gasteiger partial charge in [-0.3, -0.25) is 4.79 Å². The predicted molar refractivity (Wildman–Crippen MR) is 74.8 cm³/mol. The molecule has 0 aromatic rings. The first-order valence-electron chi connectivity index (χ1n) is 6.67. The summed E-state index contributed by atoms with van der Waals surface area (Å²) in [6.45, 7) is 0.772. The first-order valence-corrected chi connectivity index (χ1v) is 8.49. The van der Waals surface area contributed by atoms with Gasteiger partial charge < -0.3 is 15.0 Å². The van der Waals surface area contributed by atoms with Gasteiger partial charge in [-0.15, -0.1) is 6.42 Å². The van der Waals surface area contributed by atoms with Gasteiger partial charge in [-0.05, 0) is 12.8 Å². The molecule has 1 amide bonds. The largest absolute Gasteiger partial charge is 0.380 e. The van der Waals surface area contributed by atoms with Gasteiger partial charge >= 0.3 is 0 Å². The molecule has 0 aromatic heterocycles. The molecule has 2 heterocycles. The second-order valence-corrected chi connectivity index (χ2v) is 7.51. The highest BCUT2D eigenvalue weighted by atomic mass is 32.2. The molecule has 20 heavy (non-hydrogen) atoms. The van der Waals surface area contributed by atoms with Crippen molar-refractivity contribution in [2.75, 3.05) is 31.7 Å². The van der Waals surface area contributed by atoms with Crippen molar-refractivity contribution in [3.63, 3.8) is 0 Å². The number of carbonyl (C=O) groups is 1. The standard InChI is InChI=1S/C13H20N2O4S/c1-3-5-15(10-4-6-20(17,18)9-10)13(16)12-7-11(19-2)8-14-12/h1,10-12,14H,4-9H2,2H3. The molecule has 7 heteroatoms. The molecule has 0 saturated carbocycles. The van der Waals surface area contributed by atoms with Crippen LogP contribution in [0.5, 0.6) is 0 Å². The highest BCUT2D eigenvalue weighted by Gasteiger charge is 2.38. The normalized spacial score (nSPS) is 31.9. The number of methoxy groups -OCH3 is 1. The Morgan fingerprint density at radius 2 is 2.30 bits per heavy atom. The fourth-order valence-corrected chi connectivity index (χ4v) is 4.51. The average Bonchev–Trinajstić information content (AvgIpc) is 3.01. The maximum Gasteiger partial charge on any atom is 0.240 e. The number of hydrogen-bond acceptors (Lipinski definition) is 5. The van der Waals surface area contributed by atoms with E-state index in [9.17, 15) is 13.2 Å². The Morgan fingerprint density at radius 1 is 1.55 bits per heavy atom. The van der Waals surface area contributed by atoms with Gasteiger partial charge in [0.25, 0.3) is 0 Å². The molecule has 2 rings (SSSR count). The van der Waals surface area contributed by atoms with Crippen molar-refractivity contribution in [2.45, 2.75) is 31.0 Å². The smallest absolute Gasteiger partial charge is 0.240 e. The van der Waals surface area contributed by atoms with Crippen molar-refractivity contribution in [1.82, 2.24) is 10.2 Å². The first-order chi connectivity index (χ1) is 9.46. The third-order valence-corrected chi connectivity index (χ3v) is 5.67. The van der Waals surface area contributed by atoms with Crippen LogP contribution in [0.3, 0.4) is 0 Å². The van der Waals surface area contributed by atoms with Gasteiger partial charge in [-0.25, -0.2) is 8.42 Å². The third-order valence-electron chi connectivity index (χ3n) is 3.92. The van der Waals surface area contributed by atoms with Crippen molar-refractivity contribution in [3.05, 3.63) is 0 Å². The molecule has 3 unspecified atom stereocenters. The summed E-state index contributed by atoms with van der Waals surface area (Å²) in [6.07, 6.45) is 6.40. The molecule has 2 aliphatic rings. The Bertz CT molecular complexity index is 511. The van der Waals surface area contributed by atoms with E-state index in [2.05, 4.69) is 11.2 Å². The molecule has 0 aromatic carbocycles. The van der Waals surface area contributed by atoms with Gasteiger partial charge in [-0.1, -0.05) is 5.92 Å². The summed E-state index contributed by atoms with van der Waals surface area (Å²) in [5.74, 6) is 2.48. The highest BCUT2D eigenvalue weighted by Crippen LogP contribution is 2.20. The van der Waals surface area contributed by atoms with Gasteiger partial charge in [-0.2, -0.15) is 0 Å². The van der Waals surface area contributed by atoms with Crippen LogP contribution in [0.1, 0.15) is 12.8 Å². The van der Waals surface area contributed by atoms with Gasteiger partial charge in [0.1, 0.15) is 0 Å². The van der Waals surface area contributed by atoms with Crippen LogP contribution in [0.4, 0.5) is 0 Å². The monoisotopic (exact) mass is 300 g/mol. The summed E-state index contributed by atoms with van der Waals surface area (Å²) in [7, 11) is -1.43. The summed E-state index contributed by atoms with van der Waals surface area (Å²) in [6, 6.07) is -0.636. The molecule has 112 valence electrons. The molecule has 2 aliphatic heterocycles. The molecule has 0 spiro atoms. The number of terminal acetylenes is 1. The number of rotatable bonds is 4. The van der Waals surface area contributed by atoms with Crippen LogP contribution in [0, 0.1) is 12.3 Å². The molecule has 6 nitrogen and oxygen atoms in total. The summed E-state index contributed by atoms with van der Waals surface area (Å²) in [5, 5.41) is 3.11. The zero-order chi connectivity index (χ0) is 14.8. The van der Waals surface area contributed by atoms with E-state index in [4.69, 9.17) is 11.2 Å². The number of sulfone groups is 1. The fourth-order valence-electron chi connectivity index (χ4n) is 2.78. The average molecular weight is 300 g/mol. The lowest BCUT2D eigenvalue weighted by Gasteiger charge is -2.28. The molecule has 1 N–H and O–H groups in total. The molecular formula is C13H20N2O4S.